The van der Waals surface area contributed by atoms with Crippen molar-refractivity contribution in [3.63, 3.8) is 0 Å². The summed E-state index contributed by atoms with van der Waals surface area (Å²) in [6.07, 6.45) is 48.8. The predicted molar refractivity (Wildman–Crippen MR) is 263 cm³/mol. The molecule has 0 fully saturated rings. The maximum absolute atomic E-state index is 12.7. The zero-order chi connectivity index (χ0) is 46.3. The van der Waals surface area contributed by atoms with Crippen LogP contribution >= 0.6 is 0 Å². The van der Waals surface area contributed by atoms with Crippen LogP contribution in [0.4, 0.5) is 0 Å². The van der Waals surface area contributed by atoms with E-state index in [4.69, 9.17) is 18.9 Å². The molecule has 0 amide bonds. The number of esters is 2. The van der Waals surface area contributed by atoms with E-state index < -0.39 is 24.3 Å². The molecule has 2 unspecified atom stereocenters. The number of carboxylic acid groups (broad SMARTS) is 1. The van der Waals surface area contributed by atoms with Crippen molar-refractivity contribution in [2.45, 2.75) is 270 Å². The summed E-state index contributed by atoms with van der Waals surface area (Å²) in [5, 5.41) is 9.64. The molecule has 0 aliphatic heterocycles. The first-order chi connectivity index (χ1) is 30.6. The van der Waals surface area contributed by atoms with Gasteiger partial charge in [0, 0.05) is 12.8 Å². The Labute approximate surface area is 389 Å². The predicted octanol–water partition coefficient (Wildman–Crippen LogP) is 15.0. The van der Waals surface area contributed by atoms with Crippen LogP contribution in [0.2, 0.25) is 0 Å². The van der Waals surface area contributed by atoms with E-state index >= 15 is 0 Å². The molecule has 0 aromatic carbocycles. The zero-order valence-electron chi connectivity index (χ0n) is 42.3. The number of aliphatic carboxylic acids is 1. The van der Waals surface area contributed by atoms with Crippen LogP contribution in [0, 0.1) is 0 Å². The van der Waals surface area contributed by atoms with E-state index in [-0.39, 0.29) is 32.2 Å². The summed E-state index contributed by atoms with van der Waals surface area (Å²) >= 11 is 0. The van der Waals surface area contributed by atoms with Crippen molar-refractivity contribution >= 4 is 17.9 Å². The van der Waals surface area contributed by atoms with Gasteiger partial charge in [-0.2, -0.15) is 0 Å². The first kappa shape index (κ1) is 61.0. The van der Waals surface area contributed by atoms with Crippen molar-refractivity contribution in [1.29, 1.82) is 0 Å². The van der Waals surface area contributed by atoms with Gasteiger partial charge < -0.3 is 28.5 Å². The number of hydrogen-bond donors (Lipinski definition) is 1. The van der Waals surface area contributed by atoms with Gasteiger partial charge in [0.05, 0.1) is 34.4 Å². The minimum absolute atomic E-state index is 0.180. The number of quaternary nitrogens is 1. The van der Waals surface area contributed by atoms with E-state index in [0.717, 1.165) is 57.8 Å². The summed E-state index contributed by atoms with van der Waals surface area (Å²) in [6, 6.07) is 0. The molecule has 0 aliphatic carbocycles. The fourth-order valence-electron chi connectivity index (χ4n) is 7.84. The largest absolute Gasteiger partial charge is 0.477 e. The Morgan fingerprint density at radius 2 is 0.841 bits per heavy atom. The average molecular weight is 895 g/mol. The van der Waals surface area contributed by atoms with Gasteiger partial charge >= 0.3 is 17.9 Å². The second kappa shape index (κ2) is 46.6. The Bertz CT molecular complexity index is 1040. The first-order valence-corrected chi connectivity index (χ1v) is 26.9. The van der Waals surface area contributed by atoms with E-state index in [1.54, 1.807) is 0 Å². The second-order valence-electron chi connectivity index (χ2n) is 19.5. The molecule has 0 aromatic heterocycles. The Morgan fingerprint density at radius 3 is 1.24 bits per heavy atom. The van der Waals surface area contributed by atoms with Crippen LogP contribution in [0.25, 0.3) is 0 Å². The average Bonchev–Trinajstić information content (AvgIpc) is 3.24. The van der Waals surface area contributed by atoms with Crippen LogP contribution in [-0.4, -0.2) is 87.4 Å². The molecule has 1 N–H and O–H groups in total. The molecule has 63 heavy (non-hydrogen) atoms. The van der Waals surface area contributed by atoms with Crippen molar-refractivity contribution in [1.82, 2.24) is 0 Å². The number of unbranched alkanes of at least 4 members (excludes halogenated alkanes) is 33. The van der Waals surface area contributed by atoms with E-state index in [9.17, 15) is 19.5 Å². The van der Waals surface area contributed by atoms with Crippen LogP contribution in [0.1, 0.15) is 258 Å². The number of rotatable bonds is 50. The normalized spacial score (nSPS) is 12.8. The van der Waals surface area contributed by atoms with Crippen LogP contribution < -0.4 is 0 Å². The van der Waals surface area contributed by atoms with Crippen LogP contribution in [0.3, 0.4) is 0 Å². The summed E-state index contributed by atoms with van der Waals surface area (Å²) in [5.41, 5.74) is 0. The highest BCUT2D eigenvalue weighted by Crippen LogP contribution is 2.17. The number of hydrogen-bond acceptors (Lipinski definition) is 7. The number of ether oxygens (including phenoxy) is 4. The lowest BCUT2D eigenvalue weighted by Gasteiger charge is -2.25. The van der Waals surface area contributed by atoms with Gasteiger partial charge in [-0.3, -0.25) is 9.59 Å². The van der Waals surface area contributed by atoms with E-state index in [1.807, 2.05) is 21.1 Å². The minimum atomic E-state index is -1.51. The molecule has 0 aromatic rings. The summed E-state index contributed by atoms with van der Waals surface area (Å²) in [5.74, 6) is -2.00. The number of nitrogens with zero attached hydrogens (tertiary/aromatic N) is 1. The Kier molecular flexibility index (Phi) is 45.1. The molecular formula is C54H104NO8+. The van der Waals surface area contributed by atoms with Gasteiger partial charge in [0.15, 0.2) is 6.10 Å². The number of carboxylic acids is 1. The van der Waals surface area contributed by atoms with E-state index in [1.165, 1.54) is 167 Å². The van der Waals surface area contributed by atoms with Gasteiger partial charge in [-0.25, -0.2) is 4.79 Å². The molecule has 0 saturated heterocycles. The zero-order valence-corrected chi connectivity index (χ0v) is 42.3. The van der Waals surface area contributed by atoms with Gasteiger partial charge in [0.25, 0.3) is 6.29 Å². The summed E-state index contributed by atoms with van der Waals surface area (Å²) in [7, 11) is 5.96. The molecule has 0 saturated carbocycles. The molecule has 372 valence electrons. The fraction of sp³-hybridized carbons (Fsp3) is 0.907. The van der Waals surface area contributed by atoms with Gasteiger partial charge in [0.1, 0.15) is 13.2 Å². The van der Waals surface area contributed by atoms with Crippen molar-refractivity contribution in [2.75, 3.05) is 47.5 Å². The van der Waals surface area contributed by atoms with Gasteiger partial charge in [-0.1, -0.05) is 225 Å². The highest BCUT2D eigenvalue weighted by atomic mass is 16.7. The molecule has 0 radical (unpaired) electrons. The molecule has 0 rings (SSSR count). The van der Waals surface area contributed by atoms with Crippen LogP contribution in [0.15, 0.2) is 12.2 Å². The third-order valence-corrected chi connectivity index (χ3v) is 12.0. The summed E-state index contributed by atoms with van der Waals surface area (Å²) < 4.78 is 22.8. The SMILES string of the molecule is CCC/C=C\CCCCCCCC(=O)OC(COC(=O)CCCCCCCCCCCCCCCCCCCCCCCCCCCCCC)COC(OCC[N+](C)(C)C)C(=O)O. The summed E-state index contributed by atoms with van der Waals surface area (Å²) in [6.45, 7) is 4.83. The van der Waals surface area contributed by atoms with Crippen LogP contribution in [-0.2, 0) is 33.3 Å². The molecule has 9 nitrogen and oxygen atoms in total. The number of allylic oxidation sites excluding steroid dienone is 2. The van der Waals surface area contributed by atoms with Gasteiger partial charge in [-0.05, 0) is 32.1 Å². The van der Waals surface area contributed by atoms with Gasteiger partial charge in [-0.15, -0.1) is 0 Å². The smallest absolute Gasteiger partial charge is 0.361 e. The Hall–Kier alpha value is -1.97. The number of likely N-dealkylation sites (N-methyl/N-ethyl adjacent to an activating group) is 1. The van der Waals surface area contributed by atoms with E-state index in [2.05, 4.69) is 26.0 Å². The molecular weight excluding hydrogens is 791 g/mol. The van der Waals surface area contributed by atoms with E-state index in [0.29, 0.717) is 23.9 Å². The molecule has 2 atom stereocenters. The maximum Gasteiger partial charge on any atom is 0.361 e. The highest BCUT2D eigenvalue weighted by Gasteiger charge is 2.25. The maximum atomic E-state index is 12.7. The molecule has 9 heteroatoms. The summed E-state index contributed by atoms with van der Waals surface area (Å²) in [4.78, 5) is 37.1. The highest BCUT2D eigenvalue weighted by molar-refractivity contribution is 5.71. The van der Waals surface area contributed by atoms with Crippen molar-refractivity contribution < 1.29 is 42.9 Å². The first-order valence-electron chi connectivity index (χ1n) is 26.9. The molecule has 0 bridgehead atoms. The van der Waals surface area contributed by atoms with Crippen molar-refractivity contribution in [2.24, 2.45) is 0 Å². The quantitative estimate of drug-likeness (QED) is 0.0211. The Morgan fingerprint density at radius 1 is 0.460 bits per heavy atom. The lowest BCUT2D eigenvalue weighted by Crippen LogP contribution is -2.40. The standard InChI is InChI=1S/C54H103NO8/c1-6-8-10-12-14-16-18-19-20-21-22-23-24-25-26-27-28-29-30-31-32-33-34-35-37-38-40-42-44-51(56)61-48-50(49-62-54(53(58)59)60-47-46-55(3,4)5)63-52(57)45-43-41-39-36-17-15-13-11-9-7-2/h11,13,50,54H,6-10,12,14-49H2,1-5H3/p+1/b13-11-. The molecule has 0 aliphatic rings. The third kappa shape index (κ3) is 47.8. The lowest BCUT2D eigenvalue weighted by atomic mass is 10.0. The Balaban J connectivity index is 4.04. The monoisotopic (exact) mass is 895 g/mol. The van der Waals surface area contributed by atoms with Crippen molar-refractivity contribution in [3.8, 4) is 0 Å². The number of carbonyl (C=O) groups excluding carboxylic acids is 2. The topological polar surface area (TPSA) is 108 Å². The van der Waals surface area contributed by atoms with Crippen LogP contribution in [0.5, 0.6) is 0 Å². The molecule has 0 spiro atoms. The second-order valence-corrected chi connectivity index (χ2v) is 19.5. The van der Waals surface area contributed by atoms with Crippen molar-refractivity contribution in [3.05, 3.63) is 12.2 Å². The number of carbonyl (C=O) groups is 3. The minimum Gasteiger partial charge on any atom is -0.477 e. The lowest BCUT2D eigenvalue weighted by molar-refractivity contribution is -0.870. The third-order valence-electron chi connectivity index (χ3n) is 12.0. The molecule has 0 heterocycles. The fourth-order valence-corrected chi connectivity index (χ4v) is 7.84. The van der Waals surface area contributed by atoms with Gasteiger partial charge in [0.2, 0.25) is 0 Å².